The van der Waals surface area contributed by atoms with Crippen LogP contribution in [0.5, 0.6) is 0 Å². The molecule has 4 heterocycles. The molecule has 0 spiro atoms. The average molecular weight is 485 g/mol. The van der Waals surface area contributed by atoms with Crippen LogP contribution in [0, 0.1) is 0 Å². The van der Waals surface area contributed by atoms with Crippen molar-refractivity contribution >= 4 is 39.9 Å². The number of ether oxygens (including phenoxy) is 1. The van der Waals surface area contributed by atoms with Crippen LogP contribution in [0.3, 0.4) is 0 Å². The summed E-state index contributed by atoms with van der Waals surface area (Å²) in [6.45, 7) is 1.38. The Bertz CT molecular complexity index is 1170. The van der Waals surface area contributed by atoms with Gasteiger partial charge >= 0.3 is 0 Å². The maximum Gasteiger partial charge on any atom is 0.251 e. The van der Waals surface area contributed by atoms with Crippen LogP contribution in [-0.4, -0.2) is 50.0 Å². The van der Waals surface area contributed by atoms with Gasteiger partial charge in [-0.1, -0.05) is 11.8 Å². The summed E-state index contributed by atoms with van der Waals surface area (Å²) in [4.78, 5) is 30.0. The van der Waals surface area contributed by atoms with E-state index in [1.807, 2.05) is 16.7 Å². The SMILES string of the molecule is NC(=O)c1c(NC(=O)CSc2nnc(-c3ccncc3)n2CC2CCCO2)sc2c1CCC2. The molecule has 1 aliphatic heterocycles. The molecule has 1 unspecified atom stereocenters. The Balaban J connectivity index is 1.32. The molecule has 0 bridgehead atoms. The zero-order chi connectivity index (χ0) is 22.8. The van der Waals surface area contributed by atoms with Crippen molar-refractivity contribution in [2.24, 2.45) is 5.73 Å². The second kappa shape index (κ2) is 9.62. The normalized spacial score (nSPS) is 17.3. The number of fused-ring (bicyclic) bond motifs is 1. The van der Waals surface area contributed by atoms with Crippen LogP contribution in [-0.2, 0) is 28.9 Å². The largest absolute Gasteiger partial charge is 0.376 e. The molecule has 0 saturated carbocycles. The van der Waals surface area contributed by atoms with Gasteiger partial charge in [0.15, 0.2) is 11.0 Å². The number of amides is 2. The molecule has 1 atom stereocenters. The van der Waals surface area contributed by atoms with Crippen LogP contribution in [0.25, 0.3) is 11.4 Å². The smallest absolute Gasteiger partial charge is 0.251 e. The van der Waals surface area contributed by atoms with Gasteiger partial charge in [0.1, 0.15) is 5.00 Å². The number of nitrogens with one attached hydrogen (secondary N) is 1. The van der Waals surface area contributed by atoms with E-state index in [2.05, 4.69) is 20.5 Å². The topological polar surface area (TPSA) is 125 Å². The van der Waals surface area contributed by atoms with Crippen molar-refractivity contribution < 1.29 is 14.3 Å². The number of aryl methyl sites for hydroxylation is 1. The molecule has 3 aromatic rings. The number of carbonyl (C=O) groups excluding carboxylic acids is 2. The van der Waals surface area contributed by atoms with Crippen LogP contribution >= 0.6 is 23.1 Å². The van der Waals surface area contributed by atoms with Gasteiger partial charge in [-0.15, -0.1) is 21.5 Å². The minimum atomic E-state index is -0.490. The predicted molar refractivity (Wildman–Crippen MR) is 126 cm³/mol. The Kier molecular flexibility index (Phi) is 6.43. The molecule has 9 nitrogen and oxygen atoms in total. The third kappa shape index (κ3) is 4.66. The highest BCUT2D eigenvalue weighted by atomic mass is 32.2. The maximum absolute atomic E-state index is 12.8. The highest BCUT2D eigenvalue weighted by Gasteiger charge is 2.27. The van der Waals surface area contributed by atoms with E-state index >= 15 is 0 Å². The highest BCUT2D eigenvalue weighted by molar-refractivity contribution is 7.99. The van der Waals surface area contributed by atoms with E-state index in [1.54, 1.807) is 12.4 Å². The van der Waals surface area contributed by atoms with Crippen molar-refractivity contribution in [3.05, 3.63) is 40.5 Å². The Hall–Kier alpha value is -2.76. The third-order valence-corrected chi connectivity index (χ3v) is 7.99. The van der Waals surface area contributed by atoms with Crippen LogP contribution in [0.2, 0.25) is 0 Å². The maximum atomic E-state index is 12.8. The zero-order valence-corrected chi connectivity index (χ0v) is 19.6. The number of nitrogens with two attached hydrogens (primary N) is 1. The molecule has 0 radical (unpaired) electrons. The number of primary amides is 1. The molecule has 3 N–H and O–H groups in total. The minimum Gasteiger partial charge on any atom is -0.376 e. The van der Waals surface area contributed by atoms with E-state index in [9.17, 15) is 9.59 Å². The van der Waals surface area contributed by atoms with Gasteiger partial charge < -0.3 is 15.8 Å². The summed E-state index contributed by atoms with van der Waals surface area (Å²) in [5.41, 5.74) is 7.97. The summed E-state index contributed by atoms with van der Waals surface area (Å²) in [5, 5.41) is 12.8. The van der Waals surface area contributed by atoms with Gasteiger partial charge in [-0.25, -0.2) is 0 Å². The van der Waals surface area contributed by atoms with E-state index in [0.29, 0.717) is 22.3 Å². The number of aromatic nitrogens is 4. The van der Waals surface area contributed by atoms with E-state index in [1.165, 1.54) is 23.1 Å². The predicted octanol–water partition coefficient (Wildman–Crippen LogP) is 2.90. The van der Waals surface area contributed by atoms with E-state index in [-0.39, 0.29) is 17.8 Å². The van der Waals surface area contributed by atoms with Crippen molar-refractivity contribution in [3.63, 3.8) is 0 Å². The van der Waals surface area contributed by atoms with Gasteiger partial charge in [-0.3, -0.25) is 19.1 Å². The van der Waals surface area contributed by atoms with Crippen LogP contribution < -0.4 is 11.1 Å². The lowest BCUT2D eigenvalue weighted by Crippen LogP contribution is -2.20. The standard InChI is InChI=1S/C22H24N6O3S2/c23-19(30)18-15-4-1-5-16(15)33-21(18)25-17(29)12-32-22-27-26-20(13-6-8-24-9-7-13)28(22)11-14-3-2-10-31-14/h6-9,14H,1-5,10-12H2,(H2,23,30)(H,25,29). The molecule has 5 rings (SSSR count). The number of anilines is 1. The minimum absolute atomic E-state index is 0.0985. The molecule has 1 saturated heterocycles. The summed E-state index contributed by atoms with van der Waals surface area (Å²) >= 11 is 2.77. The number of carbonyl (C=O) groups is 2. The Labute approximate surface area is 199 Å². The van der Waals surface area contributed by atoms with Crippen molar-refractivity contribution in [1.29, 1.82) is 0 Å². The summed E-state index contributed by atoms with van der Waals surface area (Å²) in [5.74, 6) is 0.164. The molecular formula is C22H24N6O3S2. The first kappa shape index (κ1) is 22.1. The Morgan fingerprint density at radius 1 is 1.24 bits per heavy atom. The first-order valence-electron chi connectivity index (χ1n) is 10.9. The van der Waals surface area contributed by atoms with Gasteiger partial charge in [0.2, 0.25) is 5.91 Å². The van der Waals surface area contributed by atoms with Crippen LogP contribution in [0.1, 0.15) is 40.1 Å². The fraction of sp³-hybridized carbons (Fsp3) is 0.409. The molecule has 1 fully saturated rings. The van der Waals surface area contributed by atoms with Crippen molar-refractivity contribution in [3.8, 4) is 11.4 Å². The lowest BCUT2D eigenvalue weighted by Gasteiger charge is -2.14. The number of rotatable bonds is 8. The van der Waals surface area contributed by atoms with E-state index in [4.69, 9.17) is 10.5 Å². The fourth-order valence-electron chi connectivity index (χ4n) is 4.31. The number of thiophene rings is 1. The summed E-state index contributed by atoms with van der Waals surface area (Å²) in [7, 11) is 0. The zero-order valence-electron chi connectivity index (χ0n) is 18.0. The Morgan fingerprint density at radius 2 is 2.09 bits per heavy atom. The van der Waals surface area contributed by atoms with Crippen molar-refractivity contribution in [2.45, 2.75) is 49.9 Å². The molecule has 1 aliphatic carbocycles. The monoisotopic (exact) mass is 484 g/mol. The Morgan fingerprint density at radius 3 is 2.85 bits per heavy atom. The van der Waals surface area contributed by atoms with Gasteiger partial charge in [0.05, 0.1) is 24.0 Å². The van der Waals surface area contributed by atoms with Crippen LogP contribution in [0.4, 0.5) is 5.00 Å². The second-order valence-electron chi connectivity index (χ2n) is 8.05. The van der Waals surface area contributed by atoms with Gasteiger partial charge in [-0.2, -0.15) is 0 Å². The van der Waals surface area contributed by atoms with Crippen LogP contribution in [0.15, 0.2) is 29.7 Å². The molecule has 33 heavy (non-hydrogen) atoms. The van der Waals surface area contributed by atoms with Gasteiger partial charge in [-0.05, 0) is 49.8 Å². The number of hydrogen-bond donors (Lipinski definition) is 2. The highest BCUT2D eigenvalue weighted by Crippen LogP contribution is 2.39. The first-order valence-corrected chi connectivity index (χ1v) is 12.7. The molecular weight excluding hydrogens is 460 g/mol. The summed E-state index contributed by atoms with van der Waals surface area (Å²) < 4.78 is 7.83. The summed E-state index contributed by atoms with van der Waals surface area (Å²) in [6.07, 6.45) is 8.33. The van der Waals surface area contributed by atoms with Gasteiger partial charge in [0, 0.05) is 29.4 Å². The number of pyridine rings is 1. The average Bonchev–Trinajstić information content (AvgIpc) is 3.58. The molecule has 11 heteroatoms. The number of thioether (sulfide) groups is 1. The molecule has 172 valence electrons. The lowest BCUT2D eigenvalue weighted by molar-refractivity contribution is -0.113. The first-order chi connectivity index (χ1) is 16.1. The van der Waals surface area contributed by atoms with E-state index < -0.39 is 5.91 Å². The van der Waals surface area contributed by atoms with Gasteiger partial charge in [0.25, 0.3) is 5.91 Å². The summed E-state index contributed by atoms with van der Waals surface area (Å²) in [6, 6.07) is 3.77. The lowest BCUT2D eigenvalue weighted by atomic mass is 10.1. The fourth-order valence-corrected chi connectivity index (χ4v) is 6.37. The van der Waals surface area contributed by atoms with E-state index in [0.717, 1.165) is 60.5 Å². The molecule has 2 amide bonds. The molecule has 3 aromatic heterocycles. The quantitative estimate of drug-likeness (QED) is 0.471. The van der Waals surface area contributed by atoms with Crippen molar-refractivity contribution in [2.75, 3.05) is 17.7 Å². The number of nitrogens with zero attached hydrogens (tertiary/aromatic N) is 4. The van der Waals surface area contributed by atoms with Crippen molar-refractivity contribution in [1.82, 2.24) is 19.7 Å². The second-order valence-corrected chi connectivity index (χ2v) is 10.1. The molecule has 0 aromatic carbocycles. The molecule has 2 aliphatic rings. The number of hydrogen-bond acceptors (Lipinski definition) is 8. The third-order valence-electron chi connectivity index (χ3n) is 5.82.